The second-order valence-corrected chi connectivity index (χ2v) is 12.7. The molecule has 3 N–H and O–H groups in total. The number of fused-ring (bicyclic) bond motifs is 1. The van der Waals surface area contributed by atoms with E-state index in [0.717, 1.165) is 25.2 Å². The molecule has 4 fully saturated rings. The summed E-state index contributed by atoms with van der Waals surface area (Å²) in [5, 5.41) is 4.29. The van der Waals surface area contributed by atoms with Gasteiger partial charge >= 0.3 is 0 Å². The number of nitrogens with one attached hydrogen (secondary N) is 1. The Morgan fingerprint density at radius 3 is 2.32 bits per heavy atom. The molecule has 0 radical (unpaired) electrons. The van der Waals surface area contributed by atoms with Crippen LogP contribution in [0.25, 0.3) is 10.8 Å². The lowest BCUT2D eigenvalue weighted by Gasteiger charge is -2.65. The lowest BCUT2D eigenvalue weighted by molar-refractivity contribution is -0.153. The zero-order valence-electron chi connectivity index (χ0n) is 20.8. The number of rotatable bonds is 6. The highest BCUT2D eigenvalue weighted by atomic mass is 16.2. The van der Waals surface area contributed by atoms with Crippen molar-refractivity contribution >= 4 is 28.3 Å². The minimum absolute atomic E-state index is 0.0306. The molecule has 1 aromatic carbocycles. The van der Waals surface area contributed by atoms with Gasteiger partial charge in [0.1, 0.15) is 6.04 Å². The summed E-state index contributed by atoms with van der Waals surface area (Å²) in [5.74, 6) is 0.135. The van der Waals surface area contributed by atoms with Crippen molar-refractivity contribution in [3.8, 4) is 0 Å². The average Bonchev–Trinajstić information content (AvgIpc) is 2.66. The van der Waals surface area contributed by atoms with Crippen molar-refractivity contribution in [1.29, 1.82) is 0 Å². The van der Waals surface area contributed by atoms with Gasteiger partial charge in [-0.15, -0.1) is 0 Å². The van der Waals surface area contributed by atoms with Gasteiger partial charge in [0.25, 0.3) is 5.56 Å². The highest BCUT2D eigenvalue weighted by Crippen LogP contribution is 2.70. The first kappa shape index (κ1) is 23.1. The summed E-state index contributed by atoms with van der Waals surface area (Å²) < 4.78 is 1.41. The van der Waals surface area contributed by atoms with E-state index in [1.165, 1.54) is 23.8 Å². The van der Waals surface area contributed by atoms with E-state index in [1.807, 2.05) is 19.9 Å². The maximum atomic E-state index is 13.3. The summed E-state index contributed by atoms with van der Waals surface area (Å²) in [4.78, 5) is 38.6. The smallest absolute Gasteiger partial charge is 0.259 e. The molecule has 6 nitrogen and oxygen atoms in total. The van der Waals surface area contributed by atoms with Crippen molar-refractivity contribution in [1.82, 2.24) is 4.57 Å². The molecule has 6 heteroatoms. The number of amides is 2. The van der Waals surface area contributed by atoms with Crippen molar-refractivity contribution in [3.63, 3.8) is 0 Å². The number of carbonyl (C=O) groups excluding carboxylic acids is 2. The first-order valence-electron chi connectivity index (χ1n) is 12.6. The molecule has 4 aliphatic carbocycles. The third-order valence-electron chi connectivity index (χ3n) is 8.75. The predicted octanol–water partition coefficient (Wildman–Crippen LogP) is 5.01. The number of aromatic nitrogens is 1. The maximum absolute atomic E-state index is 13.3. The predicted molar refractivity (Wildman–Crippen MR) is 134 cm³/mol. The molecule has 4 aliphatic rings. The van der Waals surface area contributed by atoms with Crippen LogP contribution in [0.5, 0.6) is 0 Å². The molecule has 2 aromatic rings. The van der Waals surface area contributed by atoms with E-state index in [9.17, 15) is 14.4 Å². The Morgan fingerprint density at radius 2 is 1.74 bits per heavy atom. The molecule has 0 spiro atoms. The quantitative estimate of drug-likeness (QED) is 0.630. The van der Waals surface area contributed by atoms with E-state index in [1.54, 1.807) is 24.4 Å². The monoisotopic (exact) mass is 463 g/mol. The van der Waals surface area contributed by atoms with E-state index in [2.05, 4.69) is 19.2 Å². The second kappa shape index (κ2) is 7.69. The molecule has 0 saturated heterocycles. The van der Waals surface area contributed by atoms with E-state index in [0.29, 0.717) is 33.7 Å². The highest BCUT2D eigenvalue weighted by Gasteiger charge is 2.60. The topological polar surface area (TPSA) is 94.2 Å². The van der Waals surface area contributed by atoms with E-state index >= 15 is 0 Å². The molecule has 4 saturated carbocycles. The minimum atomic E-state index is -0.714. The van der Waals surface area contributed by atoms with E-state index in [4.69, 9.17) is 5.73 Å². The van der Waals surface area contributed by atoms with Gasteiger partial charge in [-0.25, -0.2) is 0 Å². The molecular formula is C28H37N3O3. The van der Waals surface area contributed by atoms with Gasteiger partial charge in [0.2, 0.25) is 11.8 Å². The van der Waals surface area contributed by atoms with Crippen LogP contribution in [0.4, 0.5) is 5.69 Å². The van der Waals surface area contributed by atoms with Gasteiger partial charge in [-0.1, -0.05) is 33.8 Å². The number of primary amides is 1. The standard InChI is InChI=1S/C28H37N3O3/c1-17(2)23(24(29)33)31-9-8-19-20(25(31)34)6-5-7-21(19)30-22(32)13-28-12-18-10-26(3,15-28)14-27(4,11-18)16-28/h5-9,17-18,23H,10-16H2,1-4H3,(H2,29,33)(H,30,32)/t18?,23-,26?,27?,28?/m1/s1. The van der Waals surface area contributed by atoms with Gasteiger partial charge in [-0.3, -0.25) is 14.4 Å². The van der Waals surface area contributed by atoms with Crippen LogP contribution in [0.1, 0.15) is 78.7 Å². The molecule has 182 valence electrons. The van der Waals surface area contributed by atoms with Gasteiger partial charge < -0.3 is 15.6 Å². The Kier molecular flexibility index (Phi) is 5.23. The fourth-order valence-electron chi connectivity index (χ4n) is 8.82. The number of pyridine rings is 1. The summed E-state index contributed by atoms with van der Waals surface area (Å²) in [6, 6.07) is 6.46. The fraction of sp³-hybridized carbons (Fsp3) is 0.607. The van der Waals surface area contributed by atoms with Crippen LogP contribution >= 0.6 is 0 Å². The summed E-state index contributed by atoms with van der Waals surface area (Å²) in [5.41, 5.74) is 6.79. The number of hydrogen-bond acceptors (Lipinski definition) is 3. The zero-order valence-corrected chi connectivity index (χ0v) is 20.8. The third kappa shape index (κ3) is 3.85. The molecule has 1 heterocycles. The van der Waals surface area contributed by atoms with Crippen molar-refractivity contribution in [2.45, 2.75) is 78.7 Å². The first-order chi connectivity index (χ1) is 15.9. The van der Waals surface area contributed by atoms with Crippen LogP contribution in [0.2, 0.25) is 0 Å². The van der Waals surface area contributed by atoms with Crippen LogP contribution in [0.15, 0.2) is 35.3 Å². The van der Waals surface area contributed by atoms with Gasteiger partial charge in [0.05, 0.1) is 0 Å². The molecule has 2 unspecified atom stereocenters. The van der Waals surface area contributed by atoms with Crippen molar-refractivity contribution < 1.29 is 9.59 Å². The van der Waals surface area contributed by atoms with E-state index in [-0.39, 0.29) is 22.8 Å². The van der Waals surface area contributed by atoms with Crippen LogP contribution in [0.3, 0.4) is 0 Å². The number of hydrogen-bond donors (Lipinski definition) is 2. The molecule has 6 rings (SSSR count). The molecule has 0 aliphatic heterocycles. The lowest BCUT2D eigenvalue weighted by Crippen LogP contribution is -2.55. The number of anilines is 1. The zero-order chi connectivity index (χ0) is 24.5. The Bertz CT molecular complexity index is 1210. The van der Waals surface area contributed by atoms with Gasteiger partial charge in [-0.05, 0) is 84.8 Å². The van der Waals surface area contributed by atoms with Crippen LogP contribution < -0.4 is 16.6 Å². The molecular weight excluding hydrogens is 426 g/mol. The second-order valence-electron chi connectivity index (χ2n) is 12.7. The summed E-state index contributed by atoms with van der Waals surface area (Å²) in [6.45, 7) is 8.59. The number of nitrogens with two attached hydrogens (primary N) is 1. The lowest BCUT2D eigenvalue weighted by atomic mass is 9.40. The summed E-state index contributed by atoms with van der Waals surface area (Å²) >= 11 is 0. The van der Waals surface area contributed by atoms with Gasteiger partial charge in [0, 0.05) is 29.1 Å². The van der Waals surface area contributed by atoms with Crippen LogP contribution in [-0.2, 0) is 9.59 Å². The average molecular weight is 464 g/mol. The van der Waals surface area contributed by atoms with Crippen LogP contribution in [-0.4, -0.2) is 16.4 Å². The van der Waals surface area contributed by atoms with Crippen LogP contribution in [0, 0.1) is 28.1 Å². The molecule has 4 bridgehead atoms. The Labute approximate surface area is 201 Å². The minimum Gasteiger partial charge on any atom is -0.368 e. The number of carbonyl (C=O) groups is 2. The fourth-order valence-corrected chi connectivity index (χ4v) is 8.82. The summed E-state index contributed by atoms with van der Waals surface area (Å²) in [6.07, 6.45) is 9.52. The molecule has 1 aromatic heterocycles. The van der Waals surface area contributed by atoms with E-state index < -0.39 is 11.9 Å². The molecule has 3 atom stereocenters. The highest BCUT2D eigenvalue weighted by molar-refractivity contribution is 6.02. The Balaban J connectivity index is 1.41. The van der Waals surface area contributed by atoms with Crippen molar-refractivity contribution in [2.75, 3.05) is 5.32 Å². The van der Waals surface area contributed by atoms with Crippen molar-refractivity contribution in [3.05, 3.63) is 40.8 Å². The number of benzene rings is 1. The largest absolute Gasteiger partial charge is 0.368 e. The number of nitrogens with zero attached hydrogens (tertiary/aromatic N) is 1. The first-order valence-corrected chi connectivity index (χ1v) is 12.6. The maximum Gasteiger partial charge on any atom is 0.259 e. The molecule has 34 heavy (non-hydrogen) atoms. The van der Waals surface area contributed by atoms with Crippen molar-refractivity contribution in [2.24, 2.45) is 33.8 Å². The van der Waals surface area contributed by atoms with Gasteiger partial charge in [-0.2, -0.15) is 0 Å². The Morgan fingerprint density at radius 1 is 1.06 bits per heavy atom. The normalized spacial score (nSPS) is 32.8. The summed E-state index contributed by atoms with van der Waals surface area (Å²) in [7, 11) is 0. The molecule has 2 amide bonds. The Hall–Kier alpha value is -2.63. The van der Waals surface area contributed by atoms with Gasteiger partial charge in [0.15, 0.2) is 0 Å². The third-order valence-corrected chi connectivity index (χ3v) is 8.75. The SMILES string of the molecule is CC(C)[C@H](C(N)=O)n1ccc2c(NC(=O)CC34CC5CC(C)(CC(C)(C5)C3)C4)cccc2c1=O.